The maximum absolute atomic E-state index is 13.6. The van der Waals surface area contributed by atoms with Crippen LogP contribution in [-0.2, 0) is 0 Å². The smallest absolute Gasteiger partial charge is 0.258 e. The molecule has 1 amide bonds. The first-order chi connectivity index (χ1) is 12.1. The van der Waals surface area contributed by atoms with Gasteiger partial charge in [-0.15, -0.1) is 0 Å². The minimum atomic E-state index is -0.532. The summed E-state index contributed by atoms with van der Waals surface area (Å²) in [4.78, 5) is 12.1. The van der Waals surface area contributed by atoms with Crippen LogP contribution in [0.15, 0.2) is 78.9 Å². The Morgan fingerprint density at radius 2 is 1.44 bits per heavy atom. The molecule has 0 aliphatic rings. The average molecular weight is 334 g/mol. The summed E-state index contributed by atoms with van der Waals surface area (Å²) in [5, 5.41) is 6.11. The predicted octanol–water partition coefficient (Wildman–Crippen LogP) is 5.25. The van der Waals surface area contributed by atoms with E-state index in [0.29, 0.717) is 5.69 Å². The molecule has 0 radical (unpaired) electrons. The Bertz CT molecular complexity index is 847. The third-order valence-corrected chi connectivity index (χ3v) is 3.94. The quantitative estimate of drug-likeness (QED) is 0.669. The normalized spacial score (nSPS) is 11.6. The second kappa shape index (κ2) is 7.62. The molecule has 0 saturated heterocycles. The highest BCUT2D eigenvalue weighted by Gasteiger charge is 2.11. The predicted molar refractivity (Wildman–Crippen MR) is 99.3 cm³/mol. The van der Waals surface area contributed by atoms with Crippen molar-refractivity contribution in [2.75, 3.05) is 10.6 Å². The van der Waals surface area contributed by atoms with Crippen molar-refractivity contribution in [3.63, 3.8) is 0 Å². The van der Waals surface area contributed by atoms with Crippen molar-refractivity contribution in [2.24, 2.45) is 0 Å². The summed E-state index contributed by atoms with van der Waals surface area (Å²) in [5.41, 5.74) is 2.79. The zero-order valence-electron chi connectivity index (χ0n) is 13.9. The fourth-order valence-corrected chi connectivity index (χ4v) is 2.57. The zero-order chi connectivity index (χ0) is 17.6. The third-order valence-electron chi connectivity index (χ3n) is 3.94. The van der Waals surface area contributed by atoms with Crippen LogP contribution in [0.4, 0.5) is 15.8 Å². The molecule has 126 valence electrons. The van der Waals surface area contributed by atoms with Crippen molar-refractivity contribution in [3.05, 3.63) is 95.8 Å². The minimum Gasteiger partial charge on any atom is -0.379 e. The largest absolute Gasteiger partial charge is 0.379 e. The van der Waals surface area contributed by atoms with Crippen LogP contribution in [0.5, 0.6) is 0 Å². The number of carbonyl (C=O) groups excluding carboxylic acids is 1. The number of rotatable bonds is 5. The highest BCUT2D eigenvalue weighted by atomic mass is 19.1. The Morgan fingerprint density at radius 1 is 0.840 bits per heavy atom. The van der Waals surface area contributed by atoms with Crippen molar-refractivity contribution in [1.29, 1.82) is 0 Å². The molecule has 1 unspecified atom stereocenters. The molecule has 2 N–H and O–H groups in total. The van der Waals surface area contributed by atoms with Crippen LogP contribution in [0.2, 0.25) is 0 Å². The molecule has 0 heterocycles. The van der Waals surface area contributed by atoms with Gasteiger partial charge in [-0.2, -0.15) is 0 Å². The van der Waals surface area contributed by atoms with E-state index in [0.717, 1.165) is 5.69 Å². The molecule has 0 aliphatic heterocycles. The van der Waals surface area contributed by atoms with Gasteiger partial charge in [-0.05, 0) is 48.9 Å². The molecule has 4 heteroatoms. The summed E-state index contributed by atoms with van der Waals surface area (Å²) in [5.74, 6) is -0.994. The second-order valence-corrected chi connectivity index (χ2v) is 5.79. The van der Waals surface area contributed by atoms with E-state index in [1.165, 1.54) is 17.7 Å². The van der Waals surface area contributed by atoms with Gasteiger partial charge in [0.25, 0.3) is 5.91 Å². The number of benzene rings is 3. The second-order valence-electron chi connectivity index (χ2n) is 5.79. The van der Waals surface area contributed by atoms with Crippen LogP contribution < -0.4 is 10.6 Å². The molecule has 1 atom stereocenters. The van der Waals surface area contributed by atoms with Gasteiger partial charge in [0.15, 0.2) is 0 Å². The standard InChI is InChI=1S/C21H19FN2O/c1-15(16-7-3-2-4-8-16)23-17-11-13-18(14-12-17)24-21(25)19-9-5-6-10-20(19)22/h2-15,23H,1H3,(H,24,25). The number of carbonyl (C=O) groups is 1. The first kappa shape index (κ1) is 16.7. The van der Waals surface area contributed by atoms with Crippen molar-refractivity contribution < 1.29 is 9.18 Å². The number of nitrogens with one attached hydrogen (secondary N) is 2. The van der Waals surface area contributed by atoms with Crippen LogP contribution in [-0.4, -0.2) is 5.91 Å². The molecule has 0 fully saturated rings. The molecule has 0 aromatic heterocycles. The third kappa shape index (κ3) is 4.23. The maximum atomic E-state index is 13.6. The van der Waals surface area contributed by atoms with Gasteiger partial charge in [-0.25, -0.2) is 4.39 Å². The first-order valence-corrected chi connectivity index (χ1v) is 8.11. The fraction of sp³-hybridized carbons (Fsp3) is 0.0952. The Labute approximate surface area is 146 Å². The zero-order valence-corrected chi connectivity index (χ0v) is 13.9. The van der Waals surface area contributed by atoms with E-state index < -0.39 is 11.7 Å². The van der Waals surface area contributed by atoms with Crippen LogP contribution in [0.1, 0.15) is 28.9 Å². The minimum absolute atomic E-state index is 0.0300. The molecule has 3 aromatic rings. The maximum Gasteiger partial charge on any atom is 0.258 e. The molecule has 25 heavy (non-hydrogen) atoms. The van der Waals surface area contributed by atoms with E-state index in [9.17, 15) is 9.18 Å². The van der Waals surface area contributed by atoms with E-state index in [4.69, 9.17) is 0 Å². The lowest BCUT2D eigenvalue weighted by molar-refractivity contribution is 0.102. The first-order valence-electron chi connectivity index (χ1n) is 8.11. The van der Waals surface area contributed by atoms with E-state index in [1.807, 2.05) is 30.3 Å². The summed E-state index contributed by atoms with van der Waals surface area (Å²) in [6, 6.07) is 23.6. The van der Waals surface area contributed by atoms with Gasteiger partial charge in [0, 0.05) is 17.4 Å². The van der Waals surface area contributed by atoms with Gasteiger partial charge >= 0.3 is 0 Å². The van der Waals surface area contributed by atoms with E-state index >= 15 is 0 Å². The van der Waals surface area contributed by atoms with E-state index in [-0.39, 0.29) is 11.6 Å². The average Bonchev–Trinajstić information content (AvgIpc) is 2.64. The van der Waals surface area contributed by atoms with E-state index in [1.54, 1.807) is 24.3 Å². The molecule has 0 spiro atoms. The Balaban J connectivity index is 1.64. The summed E-state index contributed by atoms with van der Waals surface area (Å²) in [6.45, 7) is 2.09. The van der Waals surface area contributed by atoms with Crippen molar-refractivity contribution in [2.45, 2.75) is 13.0 Å². The van der Waals surface area contributed by atoms with Crippen molar-refractivity contribution >= 4 is 17.3 Å². The number of hydrogen-bond donors (Lipinski definition) is 2. The van der Waals surface area contributed by atoms with Gasteiger partial charge < -0.3 is 10.6 Å². The van der Waals surface area contributed by atoms with Gasteiger partial charge in [-0.1, -0.05) is 42.5 Å². The Kier molecular flexibility index (Phi) is 5.09. The lowest BCUT2D eigenvalue weighted by atomic mass is 10.1. The van der Waals surface area contributed by atoms with Crippen LogP contribution >= 0.6 is 0 Å². The molecule has 3 rings (SSSR count). The highest BCUT2D eigenvalue weighted by molar-refractivity contribution is 6.04. The van der Waals surface area contributed by atoms with Gasteiger partial charge in [0.1, 0.15) is 5.82 Å². The molecule has 0 aliphatic carbocycles. The van der Waals surface area contributed by atoms with Crippen molar-refractivity contribution in [1.82, 2.24) is 0 Å². The molecule has 3 aromatic carbocycles. The van der Waals surface area contributed by atoms with Crippen LogP contribution in [0.25, 0.3) is 0 Å². The number of hydrogen-bond acceptors (Lipinski definition) is 2. The topological polar surface area (TPSA) is 41.1 Å². The van der Waals surface area contributed by atoms with Crippen LogP contribution in [0, 0.1) is 5.82 Å². The molecule has 3 nitrogen and oxygen atoms in total. The molecular weight excluding hydrogens is 315 g/mol. The van der Waals surface area contributed by atoms with Gasteiger partial charge in [-0.3, -0.25) is 4.79 Å². The fourth-order valence-electron chi connectivity index (χ4n) is 2.57. The molecule has 0 saturated carbocycles. The Morgan fingerprint density at radius 3 is 2.12 bits per heavy atom. The lowest BCUT2D eigenvalue weighted by Gasteiger charge is -2.16. The SMILES string of the molecule is CC(Nc1ccc(NC(=O)c2ccccc2F)cc1)c1ccccc1. The molecule has 0 bridgehead atoms. The number of halogens is 1. The van der Waals surface area contributed by atoms with E-state index in [2.05, 4.69) is 29.7 Å². The number of amides is 1. The Hall–Kier alpha value is -3.14. The molecular formula is C21H19FN2O. The summed E-state index contributed by atoms with van der Waals surface area (Å²) in [6.07, 6.45) is 0. The summed E-state index contributed by atoms with van der Waals surface area (Å²) in [7, 11) is 0. The van der Waals surface area contributed by atoms with Gasteiger partial charge in [0.05, 0.1) is 5.56 Å². The summed E-state index contributed by atoms with van der Waals surface area (Å²) < 4.78 is 13.6. The number of anilines is 2. The van der Waals surface area contributed by atoms with Crippen LogP contribution in [0.3, 0.4) is 0 Å². The van der Waals surface area contributed by atoms with Gasteiger partial charge in [0.2, 0.25) is 0 Å². The highest BCUT2D eigenvalue weighted by Crippen LogP contribution is 2.21. The summed E-state index contributed by atoms with van der Waals surface area (Å²) >= 11 is 0. The lowest BCUT2D eigenvalue weighted by Crippen LogP contribution is -2.13. The van der Waals surface area contributed by atoms with Crippen molar-refractivity contribution in [3.8, 4) is 0 Å². The monoisotopic (exact) mass is 334 g/mol.